The predicted octanol–water partition coefficient (Wildman–Crippen LogP) is 2.36. The van der Waals surface area contributed by atoms with Crippen molar-refractivity contribution in [2.45, 2.75) is 52.0 Å². The maximum Gasteiger partial charge on any atom is 0.329 e. The number of pyridine rings is 1. The Hall–Kier alpha value is -1.91. The third kappa shape index (κ3) is 3.56. The van der Waals surface area contributed by atoms with E-state index in [1.54, 1.807) is 19.2 Å². The van der Waals surface area contributed by atoms with Crippen LogP contribution in [0.15, 0.2) is 18.3 Å². The molecule has 1 aromatic rings. The van der Waals surface area contributed by atoms with Crippen molar-refractivity contribution in [2.75, 3.05) is 0 Å². The van der Waals surface area contributed by atoms with Gasteiger partial charge >= 0.3 is 5.97 Å². The lowest BCUT2D eigenvalue weighted by Gasteiger charge is -2.24. The van der Waals surface area contributed by atoms with E-state index in [1.165, 1.54) is 6.92 Å². The fraction of sp³-hybridized carbons (Fsp3) is 0.533. The number of carboxylic acids is 1. The van der Waals surface area contributed by atoms with Crippen LogP contribution in [0.1, 0.15) is 57.1 Å². The summed E-state index contributed by atoms with van der Waals surface area (Å²) in [7, 11) is 0. The second kappa shape index (κ2) is 5.61. The zero-order chi connectivity index (χ0) is 15.6. The van der Waals surface area contributed by atoms with Crippen molar-refractivity contribution in [3.05, 3.63) is 29.6 Å². The molecule has 1 heterocycles. The number of rotatable bonds is 4. The highest BCUT2D eigenvalue weighted by Crippen LogP contribution is 2.21. The Labute approximate surface area is 119 Å². The zero-order valence-corrected chi connectivity index (χ0v) is 12.7. The van der Waals surface area contributed by atoms with Crippen LogP contribution in [-0.2, 0) is 10.2 Å². The molecule has 0 saturated heterocycles. The largest absolute Gasteiger partial charge is 0.480 e. The van der Waals surface area contributed by atoms with Crippen molar-refractivity contribution < 1.29 is 14.7 Å². The number of carbonyl (C=O) groups is 2. The van der Waals surface area contributed by atoms with Crippen molar-refractivity contribution in [1.82, 2.24) is 10.3 Å². The Balaban J connectivity index is 2.91. The summed E-state index contributed by atoms with van der Waals surface area (Å²) in [5.74, 6) is -1.53. The van der Waals surface area contributed by atoms with E-state index in [0.29, 0.717) is 6.42 Å². The van der Waals surface area contributed by atoms with Gasteiger partial charge in [-0.3, -0.25) is 9.78 Å². The van der Waals surface area contributed by atoms with Crippen molar-refractivity contribution in [3.63, 3.8) is 0 Å². The third-order valence-corrected chi connectivity index (χ3v) is 3.43. The average molecular weight is 278 g/mol. The topological polar surface area (TPSA) is 79.3 Å². The molecule has 1 rings (SSSR count). The average Bonchev–Trinajstić information content (AvgIpc) is 2.37. The Bertz CT molecular complexity index is 503. The van der Waals surface area contributed by atoms with Gasteiger partial charge in [0.25, 0.3) is 5.91 Å². The molecule has 1 aromatic heterocycles. The number of aliphatic carboxylic acids is 1. The molecule has 0 aliphatic carbocycles. The molecule has 0 fully saturated rings. The molecule has 1 unspecified atom stereocenters. The lowest BCUT2D eigenvalue weighted by molar-refractivity contribution is -0.143. The second-order valence-corrected chi connectivity index (χ2v) is 6.13. The minimum atomic E-state index is -1.28. The van der Waals surface area contributed by atoms with E-state index >= 15 is 0 Å². The molecular weight excluding hydrogens is 256 g/mol. The standard InChI is InChI=1S/C15H22N2O3/c1-6-15(5,13(19)20)17-12(18)11-8-7-10(9-16-11)14(2,3)4/h7-9H,6H2,1-5H3,(H,17,18)(H,19,20). The molecule has 5 nitrogen and oxygen atoms in total. The van der Waals surface area contributed by atoms with E-state index in [4.69, 9.17) is 5.11 Å². The molecule has 5 heteroatoms. The van der Waals surface area contributed by atoms with Crippen LogP contribution in [0.3, 0.4) is 0 Å². The quantitative estimate of drug-likeness (QED) is 0.886. The first-order valence-corrected chi connectivity index (χ1v) is 6.62. The van der Waals surface area contributed by atoms with Gasteiger partial charge in [0.1, 0.15) is 11.2 Å². The Morgan fingerprint density at radius 3 is 2.20 bits per heavy atom. The van der Waals surface area contributed by atoms with E-state index in [1.807, 2.05) is 6.07 Å². The van der Waals surface area contributed by atoms with Crippen molar-refractivity contribution in [1.29, 1.82) is 0 Å². The SMILES string of the molecule is CCC(C)(NC(=O)c1ccc(C(C)(C)C)cn1)C(=O)O. The van der Waals surface area contributed by atoms with E-state index < -0.39 is 17.4 Å². The Kier molecular flexibility index (Phi) is 4.53. The molecule has 0 radical (unpaired) electrons. The monoisotopic (exact) mass is 278 g/mol. The fourth-order valence-corrected chi connectivity index (χ4v) is 1.58. The first-order chi connectivity index (χ1) is 9.10. The number of carbonyl (C=O) groups excluding carboxylic acids is 1. The van der Waals surface area contributed by atoms with Crippen molar-refractivity contribution >= 4 is 11.9 Å². The molecule has 0 aliphatic rings. The van der Waals surface area contributed by atoms with Gasteiger partial charge in [0.2, 0.25) is 0 Å². The highest BCUT2D eigenvalue weighted by atomic mass is 16.4. The smallest absolute Gasteiger partial charge is 0.329 e. The summed E-state index contributed by atoms with van der Waals surface area (Å²) < 4.78 is 0. The summed E-state index contributed by atoms with van der Waals surface area (Å²) in [6.07, 6.45) is 1.95. The molecule has 1 atom stereocenters. The number of aromatic nitrogens is 1. The summed E-state index contributed by atoms with van der Waals surface area (Å²) in [5.41, 5.74) is -0.0768. The molecule has 110 valence electrons. The van der Waals surface area contributed by atoms with Gasteiger partial charge in [-0.1, -0.05) is 33.8 Å². The van der Waals surface area contributed by atoms with Crippen LogP contribution >= 0.6 is 0 Å². The highest BCUT2D eigenvalue weighted by molar-refractivity contribution is 5.96. The molecule has 0 spiro atoms. The number of nitrogens with zero attached hydrogens (tertiary/aromatic N) is 1. The van der Waals surface area contributed by atoms with Crippen LogP contribution in [0.5, 0.6) is 0 Å². The van der Waals surface area contributed by atoms with Crippen LogP contribution < -0.4 is 5.32 Å². The molecular formula is C15H22N2O3. The van der Waals surface area contributed by atoms with Gasteiger partial charge in [-0.05, 0) is 30.4 Å². The van der Waals surface area contributed by atoms with Gasteiger partial charge in [-0.2, -0.15) is 0 Å². The van der Waals surface area contributed by atoms with E-state index in [-0.39, 0.29) is 11.1 Å². The van der Waals surface area contributed by atoms with Gasteiger partial charge in [0, 0.05) is 6.20 Å². The van der Waals surface area contributed by atoms with Crippen LogP contribution in [0.4, 0.5) is 0 Å². The number of carboxylic acid groups (broad SMARTS) is 1. The second-order valence-electron chi connectivity index (χ2n) is 6.13. The molecule has 0 aliphatic heterocycles. The van der Waals surface area contributed by atoms with Crippen LogP contribution in [0.2, 0.25) is 0 Å². The number of hydrogen-bond acceptors (Lipinski definition) is 3. The summed E-state index contributed by atoms with van der Waals surface area (Å²) in [6, 6.07) is 3.46. The first kappa shape index (κ1) is 16.1. The minimum Gasteiger partial charge on any atom is -0.480 e. The maximum atomic E-state index is 12.0. The van der Waals surface area contributed by atoms with Crippen molar-refractivity contribution in [3.8, 4) is 0 Å². The first-order valence-electron chi connectivity index (χ1n) is 6.62. The van der Waals surface area contributed by atoms with Gasteiger partial charge in [0.05, 0.1) is 0 Å². The van der Waals surface area contributed by atoms with E-state index in [9.17, 15) is 9.59 Å². The lowest BCUT2D eigenvalue weighted by atomic mass is 9.88. The molecule has 1 amide bonds. The van der Waals surface area contributed by atoms with Gasteiger partial charge in [-0.25, -0.2) is 4.79 Å². The normalized spacial score (nSPS) is 14.4. The molecule has 0 saturated carbocycles. The highest BCUT2D eigenvalue weighted by Gasteiger charge is 2.33. The number of nitrogens with one attached hydrogen (secondary N) is 1. The predicted molar refractivity (Wildman–Crippen MR) is 76.7 cm³/mol. The summed E-state index contributed by atoms with van der Waals surface area (Å²) in [6.45, 7) is 9.37. The third-order valence-electron chi connectivity index (χ3n) is 3.43. The number of hydrogen-bond donors (Lipinski definition) is 2. The van der Waals surface area contributed by atoms with Crippen LogP contribution in [-0.4, -0.2) is 27.5 Å². The zero-order valence-electron chi connectivity index (χ0n) is 12.7. The van der Waals surface area contributed by atoms with Crippen LogP contribution in [0, 0.1) is 0 Å². The summed E-state index contributed by atoms with van der Waals surface area (Å²) >= 11 is 0. The molecule has 20 heavy (non-hydrogen) atoms. The Morgan fingerprint density at radius 2 is 1.85 bits per heavy atom. The van der Waals surface area contributed by atoms with Crippen molar-refractivity contribution in [2.24, 2.45) is 0 Å². The van der Waals surface area contributed by atoms with Gasteiger partial charge < -0.3 is 10.4 Å². The van der Waals surface area contributed by atoms with E-state index in [0.717, 1.165) is 5.56 Å². The molecule has 0 bridgehead atoms. The van der Waals surface area contributed by atoms with E-state index in [2.05, 4.69) is 31.1 Å². The summed E-state index contributed by atoms with van der Waals surface area (Å²) in [4.78, 5) is 27.3. The lowest BCUT2D eigenvalue weighted by Crippen LogP contribution is -2.51. The van der Waals surface area contributed by atoms with Crippen LogP contribution in [0.25, 0.3) is 0 Å². The molecule has 0 aromatic carbocycles. The maximum absolute atomic E-state index is 12.0. The minimum absolute atomic E-state index is 0.0407. The van der Waals surface area contributed by atoms with Gasteiger partial charge in [-0.15, -0.1) is 0 Å². The number of amides is 1. The summed E-state index contributed by atoms with van der Waals surface area (Å²) in [5, 5.41) is 11.7. The molecule has 2 N–H and O–H groups in total. The van der Waals surface area contributed by atoms with Gasteiger partial charge in [0.15, 0.2) is 0 Å². The Morgan fingerprint density at radius 1 is 1.25 bits per heavy atom. The fourth-order valence-electron chi connectivity index (χ4n) is 1.58.